The Labute approximate surface area is 164 Å². The monoisotopic (exact) mass is 383 g/mol. The highest BCUT2D eigenvalue weighted by molar-refractivity contribution is 5.91. The zero-order chi connectivity index (χ0) is 20.1. The average molecular weight is 383 g/mol. The zero-order valence-corrected chi connectivity index (χ0v) is 16.1. The molecule has 28 heavy (non-hydrogen) atoms. The van der Waals surface area contributed by atoms with Crippen molar-refractivity contribution < 1.29 is 29.9 Å². The quantitative estimate of drug-likeness (QED) is 0.447. The minimum absolute atomic E-state index is 0.0317. The van der Waals surface area contributed by atoms with Crippen molar-refractivity contribution in [1.82, 2.24) is 0 Å². The van der Waals surface area contributed by atoms with E-state index in [1.54, 1.807) is 6.08 Å². The highest BCUT2D eigenvalue weighted by atomic mass is 16.6. The Bertz CT molecular complexity index is 870. The number of esters is 1. The summed E-state index contributed by atoms with van der Waals surface area (Å²) in [6.07, 6.45) is 3.83. The molecule has 5 rings (SSSR count). The molecule has 2 saturated heterocycles. The van der Waals surface area contributed by atoms with Crippen LogP contribution >= 0.6 is 0 Å². The Morgan fingerprint density at radius 3 is 2.54 bits per heavy atom. The number of aliphatic carboxylic acids is 1. The van der Waals surface area contributed by atoms with Crippen molar-refractivity contribution in [3.63, 3.8) is 0 Å². The summed E-state index contributed by atoms with van der Waals surface area (Å²) in [7, 11) is 0. The molecule has 6 nitrogen and oxygen atoms in total. The van der Waals surface area contributed by atoms with Crippen LogP contribution in [0.4, 0.5) is 0 Å². The van der Waals surface area contributed by atoms with E-state index >= 15 is 0 Å². The Morgan fingerprint density at radius 1 is 1.32 bits per heavy atom. The van der Waals surface area contributed by atoms with E-state index < -0.39 is 17.0 Å². The van der Waals surface area contributed by atoms with Gasteiger partial charge >= 0.3 is 5.97 Å². The Balaban J connectivity index is 0.000000203. The van der Waals surface area contributed by atoms with Crippen molar-refractivity contribution in [3.05, 3.63) is 59.2 Å². The van der Waals surface area contributed by atoms with Gasteiger partial charge in [-0.05, 0) is 24.3 Å². The molecule has 0 saturated carbocycles. The van der Waals surface area contributed by atoms with Crippen molar-refractivity contribution in [3.8, 4) is 0 Å². The average Bonchev–Trinajstić information content (AvgIpc) is 3.37. The first-order valence-electron chi connectivity index (χ1n) is 9.64. The molecule has 0 aromatic heterocycles. The lowest BCUT2D eigenvalue weighted by atomic mass is 9.61. The molecule has 2 spiro atoms. The summed E-state index contributed by atoms with van der Waals surface area (Å²) < 4.78 is 10.7. The normalized spacial score (nSPS) is 37.1. The second kappa shape index (κ2) is 6.57. The number of ether oxygens (including phenoxy) is 2. The van der Waals surface area contributed by atoms with Crippen LogP contribution in [0.25, 0.3) is 0 Å². The molecule has 0 radical (unpaired) electrons. The number of carboxylic acids is 1. The number of epoxide rings is 1. The van der Waals surface area contributed by atoms with Crippen molar-refractivity contribution in [1.29, 1.82) is 0 Å². The van der Waals surface area contributed by atoms with Gasteiger partial charge in [-0.3, -0.25) is 0 Å². The van der Waals surface area contributed by atoms with E-state index in [1.807, 2.05) is 25.1 Å². The van der Waals surface area contributed by atoms with Gasteiger partial charge in [0.05, 0.1) is 25.7 Å². The number of hydrogen-bond donors (Lipinski definition) is 1. The van der Waals surface area contributed by atoms with Gasteiger partial charge in [-0.25, -0.2) is 4.79 Å². The van der Waals surface area contributed by atoms with Gasteiger partial charge < -0.3 is 25.1 Å². The Hall–Kier alpha value is -2.44. The van der Waals surface area contributed by atoms with E-state index in [0.29, 0.717) is 6.61 Å². The van der Waals surface area contributed by atoms with Gasteiger partial charge in [0.2, 0.25) is 0 Å². The second-order valence-corrected chi connectivity index (χ2v) is 8.05. The molecule has 2 fully saturated rings. The van der Waals surface area contributed by atoms with Crippen LogP contribution in [0.2, 0.25) is 0 Å². The summed E-state index contributed by atoms with van der Waals surface area (Å²) in [6.45, 7) is 5.38. The fourth-order valence-corrected chi connectivity index (χ4v) is 5.13. The van der Waals surface area contributed by atoms with E-state index in [4.69, 9.17) is 9.47 Å². The molecule has 5 atom stereocenters. The van der Waals surface area contributed by atoms with Crippen LogP contribution in [0.15, 0.2) is 53.6 Å². The maximum Gasteiger partial charge on any atom is 0.341 e. The molecule has 2 aliphatic carbocycles. The number of hydrogen-bond acceptors (Lipinski definition) is 5. The molecule has 148 valence electrons. The molecular formula is C22H25NO5. The summed E-state index contributed by atoms with van der Waals surface area (Å²) in [6, 6.07) is 10.2. The van der Waals surface area contributed by atoms with Gasteiger partial charge in [0.1, 0.15) is 0 Å². The van der Waals surface area contributed by atoms with Crippen LogP contribution in [-0.4, -0.2) is 30.8 Å². The fraction of sp³-hybridized carbons (Fsp3) is 0.455. The van der Waals surface area contributed by atoms with Crippen LogP contribution < -0.4 is 10.8 Å². The first kappa shape index (κ1) is 18.9. The lowest BCUT2D eigenvalue weighted by Gasteiger charge is -2.44. The van der Waals surface area contributed by atoms with E-state index in [-0.39, 0.29) is 35.9 Å². The lowest BCUT2D eigenvalue weighted by molar-refractivity contribution is -0.386. The smallest absolute Gasteiger partial charge is 0.341 e. The minimum Gasteiger partial charge on any atom is -0.545 e. The first-order chi connectivity index (χ1) is 13.4. The SMILES string of the molecule is CC1=CC23C(COC(=O)C24CO4)C(C(=O)[O-])=CC3C1C.[NH3+]Cc1ccccc1. The highest BCUT2D eigenvalue weighted by Crippen LogP contribution is 2.68. The minimum atomic E-state index is -1.17. The van der Waals surface area contributed by atoms with Gasteiger partial charge in [-0.15, -0.1) is 0 Å². The summed E-state index contributed by atoms with van der Waals surface area (Å²) in [5, 5.41) is 11.4. The molecule has 6 heteroatoms. The number of carboxylic acid groups (broad SMARTS) is 1. The summed E-state index contributed by atoms with van der Waals surface area (Å²) in [5.41, 5.74) is 4.91. The number of carbonyl (C=O) groups excluding carboxylic acids is 2. The van der Waals surface area contributed by atoms with Gasteiger partial charge in [0, 0.05) is 16.9 Å². The summed E-state index contributed by atoms with van der Waals surface area (Å²) in [5.74, 6) is -1.73. The van der Waals surface area contributed by atoms with E-state index in [1.165, 1.54) is 11.1 Å². The number of benzene rings is 1. The number of allylic oxidation sites excluding steroid dienone is 2. The van der Waals surface area contributed by atoms with Gasteiger partial charge in [0.15, 0.2) is 5.60 Å². The van der Waals surface area contributed by atoms with Crippen LogP contribution in [0.3, 0.4) is 0 Å². The van der Waals surface area contributed by atoms with E-state index in [9.17, 15) is 14.7 Å². The molecule has 2 heterocycles. The first-order valence-corrected chi connectivity index (χ1v) is 9.64. The Kier molecular flexibility index (Phi) is 4.43. The third-order valence-electron chi connectivity index (χ3n) is 6.80. The predicted octanol–water partition coefficient (Wildman–Crippen LogP) is 0.245. The van der Waals surface area contributed by atoms with Gasteiger partial charge in [-0.2, -0.15) is 0 Å². The topological polar surface area (TPSA) is 107 Å². The Morgan fingerprint density at radius 2 is 2.00 bits per heavy atom. The molecule has 3 N–H and O–H groups in total. The van der Waals surface area contributed by atoms with Crippen LogP contribution in [0.1, 0.15) is 19.4 Å². The van der Waals surface area contributed by atoms with Gasteiger partial charge in [-0.1, -0.05) is 55.0 Å². The zero-order valence-electron chi connectivity index (χ0n) is 16.1. The van der Waals surface area contributed by atoms with Crippen molar-refractivity contribution >= 4 is 11.9 Å². The fourth-order valence-electron chi connectivity index (χ4n) is 5.13. The van der Waals surface area contributed by atoms with E-state index in [2.05, 4.69) is 30.9 Å². The third kappa shape index (κ3) is 2.48. The number of cyclic esters (lactones) is 1. The predicted molar refractivity (Wildman–Crippen MR) is 98.1 cm³/mol. The lowest BCUT2D eigenvalue weighted by Crippen LogP contribution is -2.56. The highest BCUT2D eigenvalue weighted by Gasteiger charge is 2.77. The largest absolute Gasteiger partial charge is 0.545 e. The van der Waals surface area contributed by atoms with Gasteiger partial charge in [0.25, 0.3) is 0 Å². The number of quaternary nitrogens is 1. The number of rotatable bonds is 2. The number of carbonyl (C=O) groups is 2. The van der Waals surface area contributed by atoms with Crippen molar-refractivity contribution in [2.75, 3.05) is 13.2 Å². The molecule has 5 unspecified atom stereocenters. The van der Waals surface area contributed by atoms with Crippen molar-refractivity contribution in [2.24, 2.45) is 23.2 Å². The standard InChI is InChI=1S/C15H16O5.C7H9N/c1-7-4-14-10(8(7)2)3-9(12(16)17)11(14)5-19-13(18)15(14)6-20-15;8-6-7-4-2-1-3-5-7/h3-4,8,10-11H,5-6H2,1-2H3,(H,16,17);1-5H,6,8H2. The molecule has 1 aromatic carbocycles. The van der Waals surface area contributed by atoms with E-state index in [0.717, 1.165) is 6.54 Å². The summed E-state index contributed by atoms with van der Waals surface area (Å²) >= 11 is 0. The van der Waals surface area contributed by atoms with Crippen LogP contribution in [-0.2, 0) is 25.6 Å². The second-order valence-electron chi connectivity index (χ2n) is 8.05. The molecule has 0 amide bonds. The van der Waals surface area contributed by atoms with Crippen LogP contribution in [0, 0.1) is 23.2 Å². The maximum atomic E-state index is 12.2. The maximum absolute atomic E-state index is 12.2. The summed E-state index contributed by atoms with van der Waals surface area (Å²) in [4.78, 5) is 23.6. The third-order valence-corrected chi connectivity index (χ3v) is 6.80. The molecular weight excluding hydrogens is 358 g/mol. The molecule has 1 aromatic rings. The molecule has 4 aliphatic rings. The molecule has 2 aliphatic heterocycles. The van der Waals surface area contributed by atoms with Crippen LogP contribution in [0.5, 0.6) is 0 Å². The molecule has 0 bridgehead atoms. The van der Waals surface area contributed by atoms with Crippen molar-refractivity contribution in [2.45, 2.75) is 26.0 Å².